The summed E-state index contributed by atoms with van der Waals surface area (Å²) in [5.74, 6) is -0.441. The van der Waals surface area contributed by atoms with Crippen LogP contribution in [-0.4, -0.2) is 46.9 Å². The normalized spacial score (nSPS) is 13.0. The molecule has 0 saturated carbocycles. The highest BCUT2D eigenvalue weighted by atomic mass is 16.5. The molecule has 400 valence electrons. The maximum absolute atomic E-state index is 13.3. The highest BCUT2D eigenvalue weighted by Crippen LogP contribution is 2.20. The van der Waals surface area contributed by atoms with E-state index in [2.05, 4.69) is 26.1 Å². The summed E-state index contributed by atoms with van der Waals surface area (Å²) in [7, 11) is 0. The molecule has 0 radical (unpaired) electrons. The minimum Gasteiger partial charge on any atom is -0.462 e. The molecule has 0 aromatic heterocycles. The fraction of sp³-hybridized carbons (Fsp3) is 0.967. The van der Waals surface area contributed by atoms with Crippen LogP contribution >= 0.6 is 0 Å². The van der Waals surface area contributed by atoms with Gasteiger partial charge in [0.1, 0.15) is 6.10 Å². The minimum absolute atomic E-state index is 0.0890. The Bertz CT molecular complexity index is 975. The Kier molecular flexibility index (Phi) is 54.8. The first-order valence-corrected chi connectivity index (χ1v) is 30.8. The third kappa shape index (κ3) is 51.0. The summed E-state index contributed by atoms with van der Waals surface area (Å²) in [6, 6.07) is -0.693. The second-order valence-corrected chi connectivity index (χ2v) is 21.5. The quantitative estimate of drug-likeness (QED) is 0.0417. The number of carbonyl (C=O) groups is 2. The maximum Gasteiger partial charge on any atom is 0.306 e. The highest BCUT2D eigenvalue weighted by molar-refractivity contribution is 5.77. The molecule has 1 amide bonds. The first-order valence-electron chi connectivity index (χ1n) is 30.8. The number of hydrogen-bond acceptors (Lipinski definition) is 5. The molecule has 6 heteroatoms. The van der Waals surface area contributed by atoms with Crippen LogP contribution in [0.5, 0.6) is 0 Å². The van der Waals surface area contributed by atoms with Crippen LogP contribution in [0, 0.1) is 0 Å². The van der Waals surface area contributed by atoms with Crippen LogP contribution in [0.1, 0.15) is 355 Å². The number of aliphatic hydroxyl groups excluding tert-OH is 2. The van der Waals surface area contributed by atoms with Gasteiger partial charge in [-0.25, -0.2) is 0 Å². The lowest BCUT2D eigenvalue weighted by Gasteiger charge is -2.24. The molecule has 0 aromatic carbocycles. The van der Waals surface area contributed by atoms with Crippen LogP contribution in [0.15, 0.2) is 0 Å². The van der Waals surface area contributed by atoms with Gasteiger partial charge in [-0.05, 0) is 25.7 Å². The monoisotopic (exact) mass is 948 g/mol. The van der Waals surface area contributed by atoms with Crippen LogP contribution in [0.25, 0.3) is 0 Å². The number of ether oxygens (including phenoxy) is 1. The Morgan fingerprint density at radius 2 is 0.627 bits per heavy atom. The van der Waals surface area contributed by atoms with Crippen LogP contribution < -0.4 is 5.32 Å². The van der Waals surface area contributed by atoms with Crippen LogP contribution in [0.3, 0.4) is 0 Å². The van der Waals surface area contributed by atoms with Crippen molar-refractivity contribution < 1.29 is 24.5 Å². The first kappa shape index (κ1) is 65.9. The Morgan fingerprint density at radius 1 is 0.373 bits per heavy atom. The molecule has 0 aliphatic rings. The van der Waals surface area contributed by atoms with Gasteiger partial charge in [0.2, 0.25) is 5.91 Å². The topological polar surface area (TPSA) is 95.9 Å². The number of esters is 1. The van der Waals surface area contributed by atoms with E-state index in [-0.39, 0.29) is 24.9 Å². The molecule has 0 fully saturated rings. The van der Waals surface area contributed by atoms with Gasteiger partial charge in [-0.1, -0.05) is 316 Å². The van der Waals surface area contributed by atoms with Crippen molar-refractivity contribution in [2.24, 2.45) is 0 Å². The SMILES string of the molecule is CCCCCCCCCCCCCCCCCCCCC(=O)OC(CCCCCCCCCCCCCCCCCC)CC(=O)NC(CO)C(O)CCCCCCCCCCCCCCCC. The molecule has 0 bridgehead atoms. The molecule has 0 rings (SSSR count). The van der Waals surface area contributed by atoms with Crippen molar-refractivity contribution in [3.05, 3.63) is 0 Å². The third-order valence-electron chi connectivity index (χ3n) is 14.7. The lowest BCUT2D eigenvalue weighted by atomic mass is 10.0. The Hall–Kier alpha value is -1.14. The Labute approximate surface area is 419 Å². The molecule has 67 heavy (non-hydrogen) atoms. The molecule has 3 unspecified atom stereocenters. The molecule has 0 aromatic rings. The average molecular weight is 949 g/mol. The third-order valence-corrected chi connectivity index (χ3v) is 14.7. The number of nitrogens with one attached hydrogen (secondary N) is 1. The zero-order chi connectivity index (χ0) is 48.8. The van der Waals surface area contributed by atoms with Gasteiger partial charge in [0.25, 0.3) is 0 Å². The molecule has 0 saturated heterocycles. The van der Waals surface area contributed by atoms with Gasteiger partial charge >= 0.3 is 5.97 Å². The van der Waals surface area contributed by atoms with Crippen LogP contribution in [-0.2, 0) is 14.3 Å². The summed E-state index contributed by atoms with van der Waals surface area (Å²) in [5, 5.41) is 23.9. The van der Waals surface area contributed by atoms with Crippen molar-refractivity contribution in [2.75, 3.05) is 6.61 Å². The van der Waals surface area contributed by atoms with Gasteiger partial charge in [0.05, 0.1) is 25.2 Å². The number of unbranched alkanes of at least 4 members (excludes halogenated alkanes) is 45. The number of amides is 1. The Balaban J connectivity index is 4.47. The summed E-state index contributed by atoms with van der Waals surface area (Å²) in [5.41, 5.74) is 0. The van der Waals surface area contributed by atoms with Crippen molar-refractivity contribution in [3.63, 3.8) is 0 Å². The molecular formula is C61H121NO5. The number of carbonyl (C=O) groups excluding carboxylic acids is 2. The standard InChI is InChI=1S/C61H121NO5/c1-4-7-10-13-16-19-22-25-28-30-31-33-36-39-42-45-48-51-54-61(66)67-57(52-49-46-43-40-37-34-32-29-26-23-20-17-14-11-8-5-2)55-60(65)62-58(56-63)59(64)53-50-47-44-41-38-35-27-24-21-18-15-12-9-6-3/h57-59,63-64H,4-56H2,1-3H3,(H,62,65). The first-order chi connectivity index (χ1) is 33.0. The van der Waals surface area contributed by atoms with Crippen LogP contribution in [0.4, 0.5) is 0 Å². The predicted octanol–water partition coefficient (Wildman–Crippen LogP) is 19.1. The minimum atomic E-state index is -0.780. The molecule has 3 N–H and O–H groups in total. The molecule has 0 spiro atoms. The van der Waals surface area contributed by atoms with E-state index < -0.39 is 18.2 Å². The molecule has 0 heterocycles. The summed E-state index contributed by atoms with van der Waals surface area (Å²) >= 11 is 0. The largest absolute Gasteiger partial charge is 0.462 e. The van der Waals surface area contributed by atoms with Crippen molar-refractivity contribution in [1.82, 2.24) is 5.32 Å². The molecule has 3 atom stereocenters. The van der Waals surface area contributed by atoms with Gasteiger partial charge in [0, 0.05) is 6.42 Å². The Morgan fingerprint density at radius 3 is 0.910 bits per heavy atom. The summed E-state index contributed by atoms with van der Waals surface area (Å²) in [6.45, 7) is 6.55. The van der Waals surface area contributed by atoms with Gasteiger partial charge in [-0.15, -0.1) is 0 Å². The lowest BCUT2D eigenvalue weighted by molar-refractivity contribution is -0.151. The lowest BCUT2D eigenvalue weighted by Crippen LogP contribution is -2.46. The van der Waals surface area contributed by atoms with E-state index in [1.165, 1.54) is 270 Å². The molecule has 0 aliphatic carbocycles. The maximum atomic E-state index is 13.3. The van der Waals surface area contributed by atoms with Crippen molar-refractivity contribution >= 4 is 11.9 Å². The van der Waals surface area contributed by atoms with Crippen LogP contribution in [0.2, 0.25) is 0 Å². The van der Waals surface area contributed by atoms with Gasteiger partial charge in [-0.3, -0.25) is 9.59 Å². The average Bonchev–Trinajstić information content (AvgIpc) is 3.32. The second kappa shape index (κ2) is 55.8. The summed E-state index contributed by atoms with van der Waals surface area (Å²) < 4.78 is 5.99. The fourth-order valence-corrected chi connectivity index (χ4v) is 10.0. The van der Waals surface area contributed by atoms with Gasteiger partial charge in [-0.2, -0.15) is 0 Å². The molecule has 0 aliphatic heterocycles. The number of rotatable bonds is 57. The zero-order valence-electron chi connectivity index (χ0n) is 45.8. The van der Waals surface area contributed by atoms with E-state index in [1.807, 2.05) is 0 Å². The summed E-state index contributed by atoms with van der Waals surface area (Å²) in [6.07, 6.45) is 63.2. The van der Waals surface area contributed by atoms with E-state index in [1.54, 1.807) is 0 Å². The van der Waals surface area contributed by atoms with Gasteiger partial charge in [0.15, 0.2) is 0 Å². The van der Waals surface area contributed by atoms with E-state index in [4.69, 9.17) is 4.74 Å². The molecular weight excluding hydrogens is 827 g/mol. The predicted molar refractivity (Wildman–Crippen MR) is 292 cm³/mol. The van der Waals surface area contributed by atoms with E-state index in [0.717, 1.165) is 38.5 Å². The van der Waals surface area contributed by atoms with Crippen molar-refractivity contribution in [2.45, 2.75) is 373 Å². The van der Waals surface area contributed by atoms with E-state index in [9.17, 15) is 19.8 Å². The number of hydrogen-bond donors (Lipinski definition) is 3. The van der Waals surface area contributed by atoms with Crippen molar-refractivity contribution in [1.29, 1.82) is 0 Å². The fourth-order valence-electron chi connectivity index (χ4n) is 10.0. The van der Waals surface area contributed by atoms with Crippen molar-refractivity contribution in [3.8, 4) is 0 Å². The van der Waals surface area contributed by atoms with E-state index >= 15 is 0 Å². The molecule has 6 nitrogen and oxygen atoms in total. The number of aliphatic hydroxyl groups is 2. The smallest absolute Gasteiger partial charge is 0.306 e. The second-order valence-electron chi connectivity index (χ2n) is 21.5. The summed E-state index contributed by atoms with van der Waals surface area (Å²) in [4.78, 5) is 26.3. The van der Waals surface area contributed by atoms with Gasteiger partial charge < -0.3 is 20.3 Å². The van der Waals surface area contributed by atoms with E-state index in [0.29, 0.717) is 19.3 Å². The highest BCUT2D eigenvalue weighted by Gasteiger charge is 2.24. The zero-order valence-corrected chi connectivity index (χ0v) is 45.8.